The zero-order chi connectivity index (χ0) is 13.4. The number of pyridine rings is 1. The Kier molecular flexibility index (Phi) is 4.02. The SMILES string of the molecule is ClC1CC(Cl)C(c2cnc3ccccc3c2)C(Br)C1. The second-order valence-electron chi connectivity index (χ2n) is 5.09. The lowest BCUT2D eigenvalue weighted by Crippen LogP contribution is -2.32. The Hall–Kier alpha value is -0.310. The second-order valence-corrected chi connectivity index (χ2v) is 7.44. The van der Waals surface area contributed by atoms with Crippen molar-refractivity contribution < 1.29 is 0 Å². The van der Waals surface area contributed by atoms with Gasteiger partial charge in [0.1, 0.15) is 0 Å². The topological polar surface area (TPSA) is 12.9 Å². The minimum Gasteiger partial charge on any atom is -0.256 e. The first-order chi connectivity index (χ1) is 9.15. The van der Waals surface area contributed by atoms with Crippen LogP contribution in [0, 0.1) is 0 Å². The maximum absolute atomic E-state index is 6.52. The average molecular weight is 359 g/mol. The summed E-state index contributed by atoms with van der Waals surface area (Å²) < 4.78 is 0. The molecular formula is C15H14BrCl2N. The predicted molar refractivity (Wildman–Crippen MR) is 85.7 cm³/mol. The molecule has 0 radical (unpaired) electrons. The molecule has 19 heavy (non-hydrogen) atoms. The maximum Gasteiger partial charge on any atom is 0.0702 e. The molecule has 2 aromatic rings. The molecule has 1 aromatic carbocycles. The molecule has 0 bridgehead atoms. The van der Waals surface area contributed by atoms with E-state index in [0.29, 0.717) is 4.83 Å². The summed E-state index contributed by atoms with van der Waals surface area (Å²) in [6.45, 7) is 0. The maximum atomic E-state index is 6.52. The van der Waals surface area contributed by atoms with Gasteiger partial charge in [0.25, 0.3) is 0 Å². The third kappa shape index (κ3) is 2.76. The monoisotopic (exact) mass is 357 g/mol. The van der Waals surface area contributed by atoms with Crippen LogP contribution in [0.3, 0.4) is 0 Å². The molecule has 4 unspecified atom stereocenters. The molecule has 0 amide bonds. The fraction of sp³-hybridized carbons (Fsp3) is 0.400. The molecule has 1 saturated carbocycles. The number of fused-ring (bicyclic) bond motifs is 1. The first-order valence-electron chi connectivity index (χ1n) is 6.42. The number of aromatic nitrogens is 1. The molecule has 100 valence electrons. The number of hydrogen-bond acceptors (Lipinski definition) is 1. The number of rotatable bonds is 1. The molecule has 0 aliphatic heterocycles. The fourth-order valence-electron chi connectivity index (χ4n) is 2.79. The summed E-state index contributed by atoms with van der Waals surface area (Å²) in [5.74, 6) is 0.272. The van der Waals surface area contributed by atoms with E-state index in [1.54, 1.807) is 0 Å². The number of benzene rings is 1. The van der Waals surface area contributed by atoms with E-state index in [1.807, 2.05) is 24.4 Å². The average Bonchev–Trinajstić information content (AvgIpc) is 2.37. The van der Waals surface area contributed by atoms with E-state index in [1.165, 1.54) is 5.56 Å². The predicted octanol–water partition coefficient (Wildman–Crippen LogP) is 5.09. The van der Waals surface area contributed by atoms with Crippen LogP contribution in [0.25, 0.3) is 10.9 Å². The van der Waals surface area contributed by atoms with Crippen LogP contribution in [0.2, 0.25) is 0 Å². The van der Waals surface area contributed by atoms with E-state index < -0.39 is 0 Å². The van der Waals surface area contributed by atoms with Crippen LogP contribution in [-0.4, -0.2) is 20.6 Å². The van der Waals surface area contributed by atoms with Crippen molar-refractivity contribution in [2.75, 3.05) is 0 Å². The van der Waals surface area contributed by atoms with Crippen molar-refractivity contribution >= 4 is 50.0 Å². The second kappa shape index (κ2) is 5.59. The van der Waals surface area contributed by atoms with Crippen LogP contribution < -0.4 is 0 Å². The van der Waals surface area contributed by atoms with Crippen LogP contribution in [0.15, 0.2) is 36.5 Å². The Balaban J connectivity index is 1.98. The molecule has 3 rings (SSSR count). The van der Waals surface area contributed by atoms with E-state index >= 15 is 0 Å². The molecule has 0 saturated heterocycles. The molecule has 1 aliphatic carbocycles. The summed E-state index contributed by atoms with van der Waals surface area (Å²) in [4.78, 5) is 4.85. The lowest BCUT2D eigenvalue weighted by atomic mass is 9.83. The lowest BCUT2D eigenvalue weighted by Gasteiger charge is -2.34. The summed E-state index contributed by atoms with van der Waals surface area (Å²) in [6, 6.07) is 10.4. The molecule has 1 aromatic heterocycles. The van der Waals surface area contributed by atoms with Gasteiger partial charge in [-0.3, -0.25) is 4.98 Å². The third-order valence-electron chi connectivity index (χ3n) is 3.74. The Morgan fingerprint density at radius 2 is 1.95 bits per heavy atom. The Bertz CT molecular complexity index is 577. The normalized spacial score (nSPS) is 31.5. The van der Waals surface area contributed by atoms with Crippen molar-refractivity contribution in [3.05, 3.63) is 42.1 Å². The summed E-state index contributed by atoms with van der Waals surface area (Å²) in [5, 5.41) is 1.39. The molecule has 0 N–H and O–H groups in total. The third-order valence-corrected chi connectivity index (χ3v) is 5.49. The highest BCUT2D eigenvalue weighted by atomic mass is 79.9. The summed E-state index contributed by atoms with van der Waals surface area (Å²) in [7, 11) is 0. The van der Waals surface area contributed by atoms with E-state index in [0.717, 1.165) is 23.7 Å². The largest absolute Gasteiger partial charge is 0.256 e. The summed E-state index contributed by atoms with van der Waals surface area (Å²) in [6.07, 6.45) is 3.75. The van der Waals surface area contributed by atoms with Gasteiger partial charge in [-0.25, -0.2) is 0 Å². The quantitative estimate of drug-likeness (QED) is 0.647. The summed E-state index contributed by atoms with van der Waals surface area (Å²) in [5.41, 5.74) is 2.22. The zero-order valence-electron chi connectivity index (χ0n) is 10.3. The van der Waals surface area contributed by atoms with Gasteiger partial charge in [-0.1, -0.05) is 34.1 Å². The van der Waals surface area contributed by atoms with Gasteiger partial charge in [0.2, 0.25) is 0 Å². The van der Waals surface area contributed by atoms with E-state index in [4.69, 9.17) is 23.2 Å². The molecule has 4 heteroatoms. The molecule has 1 fully saturated rings. The number of alkyl halides is 3. The lowest BCUT2D eigenvalue weighted by molar-refractivity contribution is 0.473. The Morgan fingerprint density at radius 3 is 2.74 bits per heavy atom. The zero-order valence-corrected chi connectivity index (χ0v) is 13.4. The first kappa shape index (κ1) is 13.7. The number of nitrogens with zero attached hydrogens (tertiary/aromatic N) is 1. The molecule has 1 heterocycles. The first-order valence-corrected chi connectivity index (χ1v) is 8.21. The minimum absolute atomic E-state index is 0.0589. The van der Waals surface area contributed by atoms with Gasteiger partial charge in [-0.15, -0.1) is 23.2 Å². The fourth-order valence-corrected chi connectivity index (χ4v) is 5.32. The van der Waals surface area contributed by atoms with Crippen molar-refractivity contribution in [2.45, 2.75) is 34.3 Å². The molecular weight excluding hydrogens is 345 g/mol. The van der Waals surface area contributed by atoms with Crippen molar-refractivity contribution in [3.63, 3.8) is 0 Å². The Labute approximate surface area is 131 Å². The van der Waals surface area contributed by atoms with Gasteiger partial charge in [-0.05, 0) is 30.5 Å². The van der Waals surface area contributed by atoms with Gasteiger partial charge in [-0.2, -0.15) is 0 Å². The van der Waals surface area contributed by atoms with Crippen molar-refractivity contribution in [1.82, 2.24) is 4.98 Å². The standard InChI is InChI=1S/C15H14BrCl2N/c16-12-6-11(17)7-13(18)15(12)10-5-9-3-1-2-4-14(9)19-8-10/h1-5,8,11-13,15H,6-7H2. The van der Waals surface area contributed by atoms with Crippen molar-refractivity contribution in [1.29, 1.82) is 0 Å². The minimum atomic E-state index is 0.0589. The van der Waals surface area contributed by atoms with Crippen LogP contribution in [-0.2, 0) is 0 Å². The highest BCUT2D eigenvalue weighted by Crippen LogP contribution is 2.42. The molecule has 0 spiro atoms. The number of para-hydroxylation sites is 1. The number of halogens is 3. The summed E-state index contributed by atoms with van der Waals surface area (Å²) >= 11 is 16.5. The van der Waals surface area contributed by atoms with Gasteiger partial charge in [0, 0.05) is 33.1 Å². The Morgan fingerprint density at radius 1 is 1.16 bits per heavy atom. The van der Waals surface area contributed by atoms with Crippen LogP contribution in [0.5, 0.6) is 0 Å². The van der Waals surface area contributed by atoms with Crippen LogP contribution in [0.4, 0.5) is 0 Å². The number of hydrogen-bond donors (Lipinski definition) is 0. The van der Waals surface area contributed by atoms with Gasteiger partial charge >= 0.3 is 0 Å². The van der Waals surface area contributed by atoms with E-state index in [2.05, 4.69) is 33.0 Å². The van der Waals surface area contributed by atoms with Crippen LogP contribution in [0.1, 0.15) is 24.3 Å². The highest BCUT2D eigenvalue weighted by molar-refractivity contribution is 9.09. The van der Waals surface area contributed by atoms with Gasteiger partial charge < -0.3 is 0 Å². The highest BCUT2D eigenvalue weighted by Gasteiger charge is 2.36. The molecule has 1 nitrogen and oxygen atoms in total. The molecule has 1 aliphatic rings. The smallest absolute Gasteiger partial charge is 0.0702 e. The van der Waals surface area contributed by atoms with E-state index in [-0.39, 0.29) is 16.7 Å². The van der Waals surface area contributed by atoms with Gasteiger partial charge in [0.05, 0.1) is 5.52 Å². The van der Waals surface area contributed by atoms with Crippen molar-refractivity contribution in [2.24, 2.45) is 0 Å². The van der Waals surface area contributed by atoms with Crippen molar-refractivity contribution in [3.8, 4) is 0 Å². The van der Waals surface area contributed by atoms with E-state index in [9.17, 15) is 0 Å². The van der Waals surface area contributed by atoms with Crippen LogP contribution >= 0.6 is 39.1 Å². The molecule has 4 atom stereocenters. The van der Waals surface area contributed by atoms with Gasteiger partial charge in [0.15, 0.2) is 0 Å².